The Bertz CT molecular complexity index is 3090. The SMILES string of the molecule is C[n+]1[c-]n2c3c(cccc31)C1(c3ccc(Oc4ccc5c6ccccc6n(-c6ccccn6)c5c4)cc3-2)c2c(cccc2C(C)(C)C)Oc2cccc(C(C)(C)C)c21. The van der Waals surface area contributed by atoms with Crippen LogP contribution in [0.3, 0.4) is 0 Å². The van der Waals surface area contributed by atoms with E-state index >= 15 is 0 Å². The Morgan fingerprint density at radius 3 is 2.00 bits per heavy atom. The van der Waals surface area contributed by atoms with Crippen LogP contribution in [-0.4, -0.2) is 14.1 Å². The average molecular weight is 757 g/mol. The molecule has 58 heavy (non-hydrogen) atoms. The number of pyridine rings is 1. The first-order valence-corrected chi connectivity index (χ1v) is 20.1. The van der Waals surface area contributed by atoms with Gasteiger partial charge in [-0.1, -0.05) is 114 Å². The highest BCUT2D eigenvalue weighted by atomic mass is 16.5. The molecular formula is C52H44N4O2. The predicted molar refractivity (Wildman–Crippen MR) is 231 cm³/mol. The van der Waals surface area contributed by atoms with E-state index in [-0.39, 0.29) is 10.8 Å². The van der Waals surface area contributed by atoms with Gasteiger partial charge in [-0.05, 0) is 87.7 Å². The number of nitrogens with zero attached hydrogens (tertiary/aromatic N) is 4. The zero-order valence-corrected chi connectivity index (χ0v) is 33.9. The molecule has 11 rings (SSSR count). The summed E-state index contributed by atoms with van der Waals surface area (Å²) in [5.41, 5.74) is 11.6. The normalized spacial score (nSPS) is 14.1. The molecule has 0 fully saturated rings. The summed E-state index contributed by atoms with van der Waals surface area (Å²) in [4.78, 5) is 4.74. The molecule has 0 saturated carbocycles. The number of aromatic nitrogens is 4. The minimum absolute atomic E-state index is 0.181. The first-order valence-electron chi connectivity index (χ1n) is 20.1. The molecule has 0 N–H and O–H groups in total. The molecule has 0 saturated heterocycles. The van der Waals surface area contributed by atoms with Crippen LogP contribution in [0.5, 0.6) is 23.0 Å². The van der Waals surface area contributed by atoms with E-state index in [1.165, 1.54) is 33.2 Å². The molecule has 0 amide bonds. The standard InChI is InChI=1S/C52H44N4O2/c1-50(2,3)37-16-13-21-44-47(37)52(48-38(51(4,5)6)17-14-22-45(48)58-44)36-27-25-33(30-43(36)55-31-54(7)41-20-12-18-39(52)49(41)55)57-32-24-26-35-34-15-8-9-19-40(34)56(42(35)29-32)46-23-10-11-28-53-46/h8-30H,1-7H3. The highest BCUT2D eigenvalue weighted by Crippen LogP contribution is 2.63. The number of hydrogen-bond donors (Lipinski definition) is 0. The second-order valence-corrected chi connectivity index (χ2v) is 17.9. The summed E-state index contributed by atoms with van der Waals surface area (Å²) in [7, 11) is 2.09. The van der Waals surface area contributed by atoms with Gasteiger partial charge in [0.2, 0.25) is 6.33 Å². The van der Waals surface area contributed by atoms with Gasteiger partial charge in [-0.2, -0.15) is 0 Å². The van der Waals surface area contributed by atoms with Crippen molar-refractivity contribution in [3.63, 3.8) is 0 Å². The summed E-state index contributed by atoms with van der Waals surface area (Å²) < 4.78 is 20.5. The molecule has 1 spiro atoms. The number of rotatable bonds is 3. The van der Waals surface area contributed by atoms with Gasteiger partial charge in [0.15, 0.2) is 0 Å². The number of benzene rings is 6. The number of ether oxygens (including phenoxy) is 2. The van der Waals surface area contributed by atoms with Crippen LogP contribution in [0.2, 0.25) is 0 Å². The summed E-state index contributed by atoms with van der Waals surface area (Å²) >= 11 is 0. The molecule has 284 valence electrons. The van der Waals surface area contributed by atoms with Crippen molar-refractivity contribution in [2.75, 3.05) is 0 Å². The Balaban J connectivity index is 1.19. The van der Waals surface area contributed by atoms with Crippen LogP contribution in [0.4, 0.5) is 0 Å². The van der Waals surface area contributed by atoms with Gasteiger partial charge in [0.25, 0.3) is 0 Å². The van der Waals surface area contributed by atoms with E-state index in [9.17, 15) is 0 Å². The topological polar surface area (TPSA) is 45.1 Å². The second kappa shape index (κ2) is 11.9. The Morgan fingerprint density at radius 1 is 0.638 bits per heavy atom. The van der Waals surface area contributed by atoms with Crippen molar-refractivity contribution in [1.82, 2.24) is 14.1 Å². The molecule has 2 aliphatic rings. The highest BCUT2D eigenvalue weighted by molar-refractivity contribution is 6.09. The molecular weight excluding hydrogens is 713 g/mol. The molecule has 2 aliphatic heterocycles. The third-order valence-corrected chi connectivity index (χ3v) is 12.3. The quantitative estimate of drug-likeness (QED) is 0.133. The maximum Gasteiger partial charge on any atom is 0.244 e. The van der Waals surface area contributed by atoms with Gasteiger partial charge < -0.3 is 18.6 Å². The van der Waals surface area contributed by atoms with Crippen LogP contribution >= 0.6 is 0 Å². The van der Waals surface area contributed by atoms with Crippen LogP contribution in [0.1, 0.15) is 74.9 Å². The molecule has 0 aliphatic carbocycles. The number of para-hydroxylation sites is 2. The van der Waals surface area contributed by atoms with Gasteiger partial charge in [-0.25, -0.2) is 4.98 Å². The van der Waals surface area contributed by atoms with Gasteiger partial charge in [0.1, 0.15) is 28.8 Å². The predicted octanol–water partition coefficient (Wildman–Crippen LogP) is 11.9. The average Bonchev–Trinajstić information content (AvgIpc) is 3.73. The van der Waals surface area contributed by atoms with Crippen LogP contribution in [-0.2, 0) is 23.3 Å². The van der Waals surface area contributed by atoms with E-state index in [0.717, 1.165) is 67.5 Å². The lowest BCUT2D eigenvalue weighted by Gasteiger charge is -2.49. The summed E-state index contributed by atoms with van der Waals surface area (Å²) in [5.74, 6) is 4.13. The second-order valence-electron chi connectivity index (χ2n) is 17.9. The molecule has 0 radical (unpaired) electrons. The van der Waals surface area contributed by atoms with E-state index in [1.54, 1.807) is 0 Å². The Kier molecular flexibility index (Phi) is 7.11. The maximum atomic E-state index is 7.03. The third kappa shape index (κ3) is 4.72. The van der Waals surface area contributed by atoms with Gasteiger partial charge in [0, 0.05) is 34.2 Å². The molecule has 0 bridgehead atoms. The minimum Gasteiger partial charge on any atom is -0.458 e. The summed E-state index contributed by atoms with van der Waals surface area (Å²) in [6.07, 6.45) is 5.54. The fourth-order valence-corrected chi connectivity index (χ4v) is 9.91. The van der Waals surface area contributed by atoms with E-state index in [2.05, 4.69) is 184 Å². The molecule has 6 nitrogen and oxygen atoms in total. The van der Waals surface area contributed by atoms with E-state index in [1.807, 2.05) is 24.4 Å². The molecule has 0 atom stereocenters. The lowest BCUT2D eigenvalue weighted by atomic mass is 9.57. The van der Waals surface area contributed by atoms with Crippen molar-refractivity contribution >= 4 is 32.8 Å². The van der Waals surface area contributed by atoms with Crippen molar-refractivity contribution in [2.45, 2.75) is 57.8 Å². The summed E-state index contributed by atoms with van der Waals surface area (Å²) in [5, 5.41) is 2.32. The molecule has 9 aromatic rings. The van der Waals surface area contributed by atoms with E-state index in [4.69, 9.17) is 14.5 Å². The zero-order valence-electron chi connectivity index (χ0n) is 33.9. The fourth-order valence-electron chi connectivity index (χ4n) is 9.91. The van der Waals surface area contributed by atoms with Gasteiger partial charge in [-0.15, -0.1) is 0 Å². The lowest BCUT2D eigenvalue weighted by Crippen LogP contribution is -2.41. The van der Waals surface area contributed by atoms with Crippen molar-refractivity contribution in [3.05, 3.63) is 179 Å². The molecule has 0 unspecified atom stereocenters. The van der Waals surface area contributed by atoms with Crippen molar-refractivity contribution in [1.29, 1.82) is 0 Å². The van der Waals surface area contributed by atoms with Crippen LogP contribution in [0, 0.1) is 6.33 Å². The minimum atomic E-state index is -0.720. The van der Waals surface area contributed by atoms with Crippen LogP contribution in [0.15, 0.2) is 140 Å². The maximum absolute atomic E-state index is 7.03. The molecule has 6 heteroatoms. The number of aryl methyl sites for hydroxylation is 1. The first-order chi connectivity index (χ1) is 27.9. The third-order valence-electron chi connectivity index (χ3n) is 12.3. The highest BCUT2D eigenvalue weighted by Gasteiger charge is 2.53. The largest absolute Gasteiger partial charge is 0.458 e. The zero-order chi connectivity index (χ0) is 39.7. The monoisotopic (exact) mass is 756 g/mol. The van der Waals surface area contributed by atoms with Crippen LogP contribution < -0.4 is 14.0 Å². The van der Waals surface area contributed by atoms with Crippen molar-refractivity contribution < 1.29 is 14.0 Å². The van der Waals surface area contributed by atoms with Crippen molar-refractivity contribution in [2.24, 2.45) is 7.05 Å². The van der Waals surface area contributed by atoms with Crippen LogP contribution in [0.25, 0.3) is 44.3 Å². The Hall–Kier alpha value is -6.66. The number of fused-ring (bicyclic) bond motifs is 11. The molecule has 3 aromatic heterocycles. The number of imidazole rings is 1. The van der Waals surface area contributed by atoms with Gasteiger partial charge in [-0.3, -0.25) is 4.57 Å². The molecule has 6 aromatic carbocycles. The lowest BCUT2D eigenvalue weighted by molar-refractivity contribution is -0.649. The van der Waals surface area contributed by atoms with Gasteiger partial charge >= 0.3 is 0 Å². The fraction of sp³-hybridized carbons (Fsp3) is 0.192. The Labute approximate surface area is 338 Å². The molecule has 5 heterocycles. The smallest absolute Gasteiger partial charge is 0.244 e. The summed E-state index contributed by atoms with van der Waals surface area (Å²) in [6.45, 7) is 13.9. The summed E-state index contributed by atoms with van der Waals surface area (Å²) in [6, 6.07) is 47.4. The Morgan fingerprint density at radius 2 is 1.29 bits per heavy atom. The van der Waals surface area contributed by atoms with E-state index < -0.39 is 5.41 Å². The van der Waals surface area contributed by atoms with E-state index in [0.29, 0.717) is 0 Å². The van der Waals surface area contributed by atoms with Gasteiger partial charge in [0.05, 0.1) is 40.2 Å². The number of hydrogen-bond acceptors (Lipinski definition) is 3. The first kappa shape index (κ1) is 34.6. The van der Waals surface area contributed by atoms with Crippen molar-refractivity contribution in [3.8, 4) is 34.5 Å².